The molecule has 0 aliphatic carbocycles. The molecule has 2 aliphatic heterocycles. The fraction of sp³-hybridized carbons (Fsp3) is 0.300. The molecule has 2 amide bonds. The molecule has 0 atom stereocenters. The van der Waals surface area contributed by atoms with Crippen LogP contribution >= 0.6 is 23.2 Å². The van der Waals surface area contributed by atoms with Gasteiger partial charge in [0.25, 0.3) is 11.8 Å². The maximum Gasteiger partial charge on any atom is 0.262 e. The molecular formula is C20H19Cl2N3O2. The second-order valence-electron chi connectivity index (χ2n) is 6.88. The zero-order valence-electron chi connectivity index (χ0n) is 14.9. The summed E-state index contributed by atoms with van der Waals surface area (Å²) in [7, 11) is 0. The molecule has 0 unspecified atom stereocenters. The Kier molecular flexibility index (Phi) is 4.84. The summed E-state index contributed by atoms with van der Waals surface area (Å²) in [5, 5.41) is 0.565. The lowest BCUT2D eigenvalue weighted by atomic mass is 10.1. The van der Waals surface area contributed by atoms with Gasteiger partial charge in [-0.1, -0.05) is 41.4 Å². The second-order valence-corrected chi connectivity index (χ2v) is 7.70. The third kappa shape index (κ3) is 3.31. The van der Waals surface area contributed by atoms with E-state index in [9.17, 15) is 9.59 Å². The van der Waals surface area contributed by atoms with Gasteiger partial charge in [0.2, 0.25) is 0 Å². The van der Waals surface area contributed by atoms with Crippen molar-refractivity contribution in [2.75, 3.05) is 37.7 Å². The number of piperazine rings is 1. The van der Waals surface area contributed by atoms with E-state index in [0.29, 0.717) is 11.1 Å². The quantitative estimate of drug-likeness (QED) is 0.733. The smallest absolute Gasteiger partial charge is 0.262 e. The number of hydrogen-bond donors (Lipinski definition) is 0. The van der Waals surface area contributed by atoms with Crippen LogP contribution in [0.15, 0.2) is 36.4 Å². The van der Waals surface area contributed by atoms with Gasteiger partial charge < -0.3 is 4.90 Å². The van der Waals surface area contributed by atoms with E-state index in [0.717, 1.165) is 26.2 Å². The minimum atomic E-state index is -0.310. The van der Waals surface area contributed by atoms with Crippen LogP contribution in [0, 0.1) is 6.92 Å². The Bertz CT molecular complexity index is 882. The molecule has 1 fully saturated rings. The number of aryl methyl sites for hydroxylation is 1. The molecule has 2 aliphatic rings. The lowest BCUT2D eigenvalue weighted by Crippen LogP contribution is -2.51. The number of amides is 2. The topological polar surface area (TPSA) is 43.9 Å². The van der Waals surface area contributed by atoms with Gasteiger partial charge in [-0.2, -0.15) is 0 Å². The van der Waals surface area contributed by atoms with Crippen LogP contribution in [0.4, 0.5) is 5.69 Å². The van der Waals surface area contributed by atoms with E-state index in [4.69, 9.17) is 23.2 Å². The highest BCUT2D eigenvalue weighted by Gasteiger charge is 2.37. The van der Waals surface area contributed by atoms with Crippen LogP contribution in [-0.2, 0) is 0 Å². The van der Waals surface area contributed by atoms with Gasteiger partial charge in [-0.3, -0.25) is 19.4 Å². The normalized spacial score (nSPS) is 17.6. The van der Waals surface area contributed by atoms with Crippen LogP contribution < -0.4 is 4.90 Å². The van der Waals surface area contributed by atoms with Gasteiger partial charge in [0.05, 0.1) is 27.8 Å². The number of fused-ring (bicyclic) bond motifs is 1. The summed E-state index contributed by atoms with van der Waals surface area (Å²) in [6.07, 6.45) is 0. The maximum absolute atomic E-state index is 12.6. The van der Waals surface area contributed by atoms with Gasteiger partial charge in [0.15, 0.2) is 0 Å². The highest BCUT2D eigenvalue weighted by molar-refractivity contribution is 6.43. The molecule has 2 aromatic carbocycles. The van der Waals surface area contributed by atoms with Crippen molar-refractivity contribution in [1.82, 2.24) is 9.80 Å². The molecule has 27 heavy (non-hydrogen) atoms. The van der Waals surface area contributed by atoms with Crippen LogP contribution in [0.1, 0.15) is 26.3 Å². The Labute approximate surface area is 168 Å². The van der Waals surface area contributed by atoms with Crippen molar-refractivity contribution < 1.29 is 9.59 Å². The van der Waals surface area contributed by atoms with Gasteiger partial charge in [0, 0.05) is 31.9 Å². The van der Waals surface area contributed by atoms with Crippen molar-refractivity contribution in [3.05, 3.63) is 63.1 Å². The van der Waals surface area contributed by atoms with Gasteiger partial charge in [-0.15, -0.1) is 0 Å². The monoisotopic (exact) mass is 403 g/mol. The van der Waals surface area contributed by atoms with E-state index in [1.807, 2.05) is 12.1 Å². The standard InChI is InChI=1S/C20H19Cl2N3O2/c1-13-4-2-3-5-18(13)24-8-6-23(7-9-24)12-25-19(26)14-10-16(21)17(22)11-15(14)20(25)27/h2-5,10-11H,6-9,12H2,1H3. The summed E-state index contributed by atoms with van der Waals surface area (Å²) < 4.78 is 0. The molecule has 1 saturated heterocycles. The number of imide groups is 1. The first-order valence-electron chi connectivity index (χ1n) is 8.84. The summed E-state index contributed by atoms with van der Waals surface area (Å²) in [6, 6.07) is 11.3. The number of nitrogens with zero attached hydrogens (tertiary/aromatic N) is 3. The average Bonchev–Trinajstić information content (AvgIpc) is 2.88. The molecule has 140 valence electrons. The van der Waals surface area contributed by atoms with Gasteiger partial charge in [-0.25, -0.2) is 0 Å². The zero-order chi connectivity index (χ0) is 19.1. The number of halogens is 2. The fourth-order valence-electron chi connectivity index (χ4n) is 3.66. The van der Waals surface area contributed by atoms with Crippen molar-refractivity contribution in [2.45, 2.75) is 6.92 Å². The number of anilines is 1. The summed E-state index contributed by atoms with van der Waals surface area (Å²) in [4.78, 5) is 31.0. The lowest BCUT2D eigenvalue weighted by molar-refractivity contribution is 0.0535. The Morgan fingerprint density at radius 2 is 1.44 bits per heavy atom. The Morgan fingerprint density at radius 3 is 2.00 bits per heavy atom. The van der Waals surface area contributed by atoms with E-state index >= 15 is 0 Å². The van der Waals surface area contributed by atoms with Gasteiger partial charge >= 0.3 is 0 Å². The summed E-state index contributed by atoms with van der Waals surface area (Å²) in [6.45, 7) is 5.66. The molecule has 0 bridgehead atoms. The predicted octanol–water partition coefficient (Wildman–Crippen LogP) is 3.68. The average molecular weight is 404 g/mol. The zero-order valence-corrected chi connectivity index (χ0v) is 16.4. The molecule has 0 radical (unpaired) electrons. The minimum absolute atomic E-state index is 0.281. The van der Waals surface area contributed by atoms with Crippen molar-refractivity contribution in [3.63, 3.8) is 0 Å². The fourth-order valence-corrected chi connectivity index (χ4v) is 3.99. The predicted molar refractivity (Wildman–Crippen MR) is 107 cm³/mol. The van der Waals surface area contributed by atoms with Crippen LogP contribution in [-0.4, -0.2) is 54.5 Å². The molecule has 2 aromatic rings. The molecule has 4 rings (SSSR count). The Morgan fingerprint density at radius 1 is 0.889 bits per heavy atom. The maximum atomic E-state index is 12.6. The van der Waals surface area contributed by atoms with Crippen LogP contribution in [0.25, 0.3) is 0 Å². The van der Waals surface area contributed by atoms with E-state index in [1.54, 1.807) is 0 Å². The molecular weight excluding hydrogens is 385 g/mol. The third-order valence-electron chi connectivity index (χ3n) is 5.18. The minimum Gasteiger partial charge on any atom is -0.369 e. The molecule has 0 aromatic heterocycles. The van der Waals surface area contributed by atoms with Gasteiger partial charge in [0.1, 0.15) is 0 Å². The third-order valence-corrected chi connectivity index (χ3v) is 5.90. The molecule has 2 heterocycles. The first kappa shape index (κ1) is 18.3. The van der Waals surface area contributed by atoms with Crippen molar-refractivity contribution >= 4 is 40.7 Å². The SMILES string of the molecule is Cc1ccccc1N1CCN(CN2C(=O)c3cc(Cl)c(Cl)cc3C2=O)CC1. The van der Waals surface area contributed by atoms with Crippen LogP contribution in [0.5, 0.6) is 0 Å². The summed E-state index contributed by atoms with van der Waals surface area (Å²) in [5.74, 6) is -0.621. The van der Waals surface area contributed by atoms with E-state index in [2.05, 4.69) is 28.9 Å². The van der Waals surface area contributed by atoms with E-state index in [1.165, 1.54) is 28.3 Å². The van der Waals surface area contributed by atoms with Crippen molar-refractivity contribution in [2.24, 2.45) is 0 Å². The Hall–Kier alpha value is -2.08. The second kappa shape index (κ2) is 7.15. The molecule has 5 nitrogen and oxygen atoms in total. The number of hydrogen-bond acceptors (Lipinski definition) is 4. The van der Waals surface area contributed by atoms with Gasteiger partial charge in [-0.05, 0) is 30.7 Å². The first-order valence-corrected chi connectivity index (χ1v) is 9.59. The van der Waals surface area contributed by atoms with E-state index < -0.39 is 0 Å². The Balaban J connectivity index is 1.43. The number of rotatable bonds is 3. The number of carbonyl (C=O) groups excluding carboxylic acids is 2. The molecule has 0 N–H and O–H groups in total. The number of carbonyl (C=O) groups is 2. The number of benzene rings is 2. The largest absolute Gasteiger partial charge is 0.369 e. The summed E-state index contributed by atoms with van der Waals surface area (Å²) in [5.41, 5.74) is 3.14. The lowest BCUT2D eigenvalue weighted by Gasteiger charge is -2.37. The van der Waals surface area contributed by atoms with Crippen molar-refractivity contribution in [3.8, 4) is 0 Å². The molecule has 7 heteroatoms. The number of para-hydroxylation sites is 1. The van der Waals surface area contributed by atoms with Crippen molar-refractivity contribution in [1.29, 1.82) is 0 Å². The van der Waals surface area contributed by atoms with E-state index in [-0.39, 0.29) is 28.5 Å². The molecule has 0 spiro atoms. The highest BCUT2D eigenvalue weighted by atomic mass is 35.5. The first-order chi connectivity index (χ1) is 13.0. The van der Waals surface area contributed by atoms with Crippen LogP contribution in [0.3, 0.4) is 0 Å². The highest BCUT2D eigenvalue weighted by Crippen LogP contribution is 2.31. The molecule has 0 saturated carbocycles. The summed E-state index contributed by atoms with van der Waals surface area (Å²) >= 11 is 12.0. The van der Waals surface area contributed by atoms with Crippen LogP contribution in [0.2, 0.25) is 10.0 Å².